The van der Waals surface area contributed by atoms with Gasteiger partial charge in [-0.1, -0.05) is 54.5 Å². The van der Waals surface area contributed by atoms with Crippen LogP contribution in [-0.4, -0.2) is 37.7 Å². The van der Waals surface area contributed by atoms with Gasteiger partial charge in [-0.3, -0.25) is 4.90 Å². The molecule has 1 aliphatic rings. The Morgan fingerprint density at radius 2 is 1.97 bits per heavy atom. The van der Waals surface area contributed by atoms with Crippen molar-refractivity contribution in [2.24, 2.45) is 11.8 Å². The smallest absolute Gasteiger partial charge is 0.230 e. The topological polar surface area (TPSA) is 66.8 Å². The molecule has 6 nitrogen and oxygen atoms in total. The highest BCUT2D eigenvalue weighted by Crippen LogP contribution is 2.44. The fraction of sp³-hybridized carbons (Fsp3) is 0.364. The van der Waals surface area contributed by atoms with Crippen LogP contribution in [0.3, 0.4) is 0 Å². The lowest BCUT2D eigenvalue weighted by Gasteiger charge is -2.40. The molecule has 1 saturated heterocycles. The Balaban J connectivity index is 1.63. The van der Waals surface area contributed by atoms with Crippen molar-refractivity contribution in [1.82, 2.24) is 19.5 Å². The number of aromatic nitrogens is 3. The molecular weight excluding hydrogens is 455 g/mol. The Morgan fingerprint density at radius 3 is 2.61 bits per heavy atom. The average Bonchev–Trinajstić information content (AvgIpc) is 3.42. The first kappa shape index (κ1) is 20.8. The summed E-state index contributed by atoms with van der Waals surface area (Å²) in [6, 6.07) is 8.91. The fourth-order valence-electron chi connectivity index (χ4n) is 4.59. The van der Waals surface area contributed by atoms with Crippen molar-refractivity contribution in [1.29, 1.82) is 0 Å². The summed E-state index contributed by atoms with van der Waals surface area (Å²) >= 11 is 14.2. The molecule has 0 unspecified atom stereocenters. The third-order valence-electron chi connectivity index (χ3n) is 5.71. The molecule has 0 radical (unpaired) electrons. The van der Waals surface area contributed by atoms with E-state index in [0.717, 1.165) is 23.5 Å². The molecule has 0 saturated carbocycles. The second-order valence-electron chi connectivity index (χ2n) is 8.37. The minimum Gasteiger partial charge on any atom is -0.492 e. The summed E-state index contributed by atoms with van der Waals surface area (Å²) in [7, 11) is 0. The van der Waals surface area contributed by atoms with Crippen LogP contribution in [0.4, 0.5) is 0 Å². The predicted octanol–water partition coefficient (Wildman–Crippen LogP) is 6.13. The summed E-state index contributed by atoms with van der Waals surface area (Å²) in [5, 5.41) is 16.8. The molecule has 3 aromatic heterocycles. The predicted molar refractivity (Wildman–Crippen MR) is 123 cm³/mol. The second kappa shape index (κ2) is 8.13. The number of fused-ring (bicyclic) bond motifs is 1. The van der Waals surface area contributed by atoms with Gasteiger partial charge in [0, 0.05) is 23.1 Å². The second-order valence-corrected chi connectivity index (χ2v) is 10.2. The van der Waals surface area contributed by atoms with Crippen LogP contribution in [0, 0.1) is 11.8 Å². The van der Waals surface area contributed by atoms with Crippen molar-refractivity contribution in [3.63, 3.8) is 0 Å². The highest BCUT2D eigenvalue weighted by Gasteiger charge is 2.35. The number of thiazole rings is 1. The molecule has 1 N–H and O–H groups in total. The maximum absolute atomic E-state index is 11.2. The Labute approximate surface area is 194 Å². The van der Waals surface area contributed by atoms with Gasteiger partial charge in [-0.15, -0.1) is 5.10 Å². The number of halogens is 2. The van der Waals surface area contributed by atoms with Gasteiger partial charge in [-0.05, 0) is 48.1 Å². The molecule has 5 rings (SSSR count). The SMILES string of the molecule is C[C@H]1C[C@H](C)CN([C@@H](c2ccc(Cl)cc2Cl)c2sc3nc(-c4ccco4)nn3c2O)C1. The maximum atomic E-state index is 11.2. The molecule has 0 aliphatic carbocycles. The zero-order valence-corrected chi connectivity index (χ0v) is 19.5. The Morgan fingerprint density at radius 1 is 1.19 bits per heavy atom. The molecule has 0 amide bonds. The molecule has 1 aliphatic heterocycles. The number of furan rings is 1. The van der Waals surface area contributed by atoms with E-state index in [9.17, 15) is 5.11 Å². The summed E-state index contributed by atoms with van der Waals surface area (Å²) in [6.07, 6.45) is 2.76. The Bertz CT molecular complexity index is 1210. The van der Waals surface area contributed by atoms with E-state index in [1.165, 1.54) is 22.3 Å². The van der Waals surface area contributed by atoms with Gasteiger partial charge in [0.2, 0.25) is 16.7 Å². The molecule has 31 heavy (non-hydrogen) atoms. The van der Waals surface area contributed by atoms with E-state index < -0.39 is 0 Å². The lowest BCUT2D eigenvalue weighted by molar-refractivity contribution is 0.112. The summed E-state index contributed by atoms with van der Waals surface area (Å²) in [4.78, 5) is 8.34. The molecule has 0 spiro atoms. The molecule has 4 aromatic rings. The summed E-state index contributed by atoms with van der Waals surface area (Å²) < 4.78 is 6.88. The van der Waals surface area contributed by atoms with Crippen LogP contribution in [0.2, 0.25) is 10.0 Å². The number of hydrogen-bond acceptors (Lipinski definition) is 6. The molecule has 9 heteroatoms. The zero-order valence-electron chi connectivity index (χ0n) is 17.1. The maximum Gasteiger partial charge on any atom is 0.230 e. The van der Waals surface area contributed by atoms with Crippen molar-refractivity contribution in [2.75, 3.05) is 13.1 Å². The number of benzene rings is 1. The summed E-state index contributed by atoms with van der Waals surface area (Å²) in [6.45, 7) is 6.36. The lowest BCUT2D eigenvalue weighted by atomic mass is 9.89. The third-order valence-corrected chi connectivity index (χ3v) is 7.34. The van der Waals surface area contributed by atoms with Crippen LogP contribution in [0.1, 0.15) is 36.8 Å². The van der Waals surface area contributed by atoms with Crippen LogP contribution in [0.15, 0.2) is 41.0 Å². The average molecular weight is 477 g/mol. The monoisotopic (exact) mass is 476 g/mol. The van der Waals surface area contributed by atoms with Crippen LogP contribution in [0.25, 0.3) is 16.5 Å². The van der Waals surface area contributed by atoms with Crippen molar-refractivity contribution in [3.05, 3.63) is 57.1 Å². The number of piperidine rings is 1. The Hall–Kier alpha value is -2.06. The van der Waals surface area contributed by atoms with E-state index in [-0.39, 0.29) is 11.9 Å². The van der Waals surface area contributed by atoms with Crippen LogP contribution in [-0.2, 0) is 0 Å². The number of nitrogens with zero attached hydrogens (tertiary/aromatic N) is 4. The van der Waals surface area contributed by atoms with Crippen molar-refractivity contribution in [2.45, 2.75) is 26.3 Å². The molecule has 4 heterocycles. The highest BCUT2D eigenvalue weighted by molar-refractivity contribution is 7.17. The number of rotatable bonds is 4. The standard InChI is InChI=1S/C22H22Cl2N4O2S/c1-12-8-13(2)11-27(10-12)18(15-6-5-14(23)9-16(15)24)19-21(29)28-22(31-19)25-20(26-28)17-4-3-7-30-17/h3-7,9,12-13,18,29H,8,10-11H2,1-2H3/t12-,13-,18-/m0/s1. The van der Waals surface area contributed by atoms with E-state index in [1.807, 2.05) is 12.1 Å². The van der Waals surface area contributed by atoms with Gasteiger partial charge < -0.3 is 9.52 Å². The van der Waals surface area contributed by atoms with Gasteiger partial charge in [0.05, 0.1) is 17.2 Å². The van der Waals surface area contributed by atoms with E-state index >= 15 is 0 Å². The third kappa shape index (κ3) is 3.84. The van der Waals surface area contributed by atoms with E-state index in [4.69, 9.17) is 27.6 Å². The first-order valence-electron chi connectivity index (χ1n) is 10.2. The van der Waals surface area contributed by atoms with Gasteiger partial charge in [0.25, 0.3) is 0 Å². The van der Waals surface area contributed by atoms with Gasteiger partial charge in [-0.2, -0.15) is 9.50 Å². The molecule has 1 aromatic carbocycles. The number of likely N-dealkylation sites (tertiary alicyclic amines) is 1. The van der Waals surface area contributed by atoms with E-state index in [1.54, 1.807) is 24.5 Å². The minimum atomic E-state index is -0.212. The molecular formula is C22H22Cl2N4O2S. The fourth-order valence-corrected chi connectivity index (χ4v) is 6.21. The van der Waals surface area contributed by atoms with Crippen molar-refractivity contribution >= 4 is 39.5 Å². The number of aromatic hydroxyl groups is 1. The van der Waals surface area contributed by atoms with Crippen LogP contribution in [0.5, 0.6) is 5.88 Å². The van der Waals surface area contributed by atoms with Crippen molar-refractivity contribution < 1.29 is 9.52 Å². The largest absolute Gasteiger partial charge is 0.492 e. The lowest BCUT2D eigenvalue weighted by Crippen LogP contribution is -2.41. The Kier molecular flexibility index (Phi) is 5.46. The van der Waals surface area contributed by atoms with Gasteiger partial charge in [-0.25, -0.2) is 0 Å². The quantitative estimate of drug-likeness (QED) is 0.383. The van der Waals surface area contributed by atoms with Crippen LogP contribution < -0.4 is 0 Å². The van der Waals surface area contributed by atoms with E-state index in [0.29, 0.717) is 38.4 Å². The molecule has 0 bridgehead atoms. The number of hydrogen-bond donors (Lipinski definition) is 1. The molecule has 3 atom stereocenters. The molecule has 1 fully saturated rings. The first-order valence-corrected chi connectivity index (χ1v) is 11.8. The summed E-state index contributed by atoms with van der Waals surface area (Å²) in [5.41, 5.74) is 0.915. The summed E-state index contributed by atoms with van der Waals surface area (Å²) in [5.74, 6) is 2.18. The van der Waals surface area contributed by atoms with Crippen LogP contribution >= 0.6 is 34.5 Å². The van der Waals surface area contributed by atoms with Gasteiger partial charge in [0.1, 0.15) is 0 Å². The van der Waals surface area contributed by atoms with Gasteiger partial charge in [0.15, 0.2) is 5.76 Å². The zero-order chi connectivity index (χ0) is 21.7. The van der Waals surface area contributed by atoms with E-state index in [2.05, 4.69) is 28.8 Å². The normalized spacial score (nSPS) is 21.0. The van der Waals surface area contributed by atoms with Gasteiger partial charge >= 0.3 is 0 Å². The highest BCUT2D eigenvalue weighted by atomic mass is 35.5. The minimum absolute atomic E-state index is 0.0761. The first-order chi connectivity index (χ1) is 14.9. The molecule has 162 valence electrons. The van der Waals surface area contributed by atoms with Crippen molar-refractivity contribution in [3.8, 4) is 17.5 Å².